The molecular formula is C17H27NO2S. The van der Waals surface area contributed by atoms with Crippen LogP contribution in [0.2, 0.25) is 0 Å². The maximum absolute atomic E-state index is 12.6. The number of benzene rings is 1. The van der Waals surface area contributed by atoms with E-state index in [9.17, 15) is 4.21 Å². The molecule has 3 nitrogen and oxygen atoms in total. The van der Waals surface area contributed by atoms with Crippen LogP contribution in [0, 0.1) is 20.8 Å². The Morgan fingerprint density at radius 2 is 1.81 bits per heavy atom. The zero-order valence-electron chi connectivity index (χ0n) is 13.6. The van der Waals surface area contributed by atoms with E-state index in [2.05, 4.69) is 38.2 Å². The Morgan fingerprint density at radius 3 is 2.33 bits per heavy atom. The molecule has 1 N–H and O–H groups in total. The molecule has 0 bridgehead atoms. The highest BCUT2D eigenvalue weighted by atomic mass is 32.2. The van der Waals surface area contributed by atoms with Gasteiger partial charge in [-0.15, -0.1) is 0 Å². The van der Waals surface area contributed by atoms with E-state index < -0.39 is 10.8 Å². The number of ether oxygens (including phenoxy) is 1. The van der Waals surface area contributed by atoms with Crippen molar-refractivity contribution < 1.29 is 8.95 Å². The summed E-state index contributed by atoms with van der Waals surface area (Å²) in [5.74, 6) is 0.686. The zero-order chi connectivity index (χ0) is 15.4. The van der Waals surface area contributed by atoms with Gasteiger partial charge >= 0.3 is 0 Å². The Labute approximate surface area is 130 Å². The molecule has 1 saturated heterocycles. The van der Waals surface area contributed by atoms with Crippen molar-refractivity contribution in [1.29, 1.82) is 0 Å². The molecule has 4 heteroatoms. The van der Waals surface area contributed by atoms with Crippen LogP contribution >= 0.6 is 0 Å². The van der Waals surface area contributed by atoms with Crippen LogP contribution in [0.15, 0.2) is 12.1 Å². The molecule has 0 amide bonds. The van der Waals surface area contributed by atoms with Gasteiger partial charge in [0.1, 0.15) is 0 Å². The Bertz CT molecular complexity index is 487. The number of nitrogens with one attached hydrogen (secondary N) is 1. The van der Waals surface area contributed by atoms with Gasteiger partial charge in [0, 0.05) is 41.1 Å². The van der Waals surface area contributed by atoms with Gasteiger partial charge in [-0.25, -0.2) is 0 Å². The molecule has 0 aromatic heterocycles. The van der Waals surface area contributed by atoms with Crippen LogP contribution in [0.5, 0.6) is 0 Å². The van der Waals surface area contributed by atoms with Gasteiger partial charge in [-0.3, -0.25) is 4.21 Å². The summed E-state index contributed by atoms with van der Waals surface area (Å²) in [5.41, 5.74) is 5.17. The third-order valence-corrected chi connectivity index (χ3v) is 6.18. The Kier molecular flexibility index (Phi) is 5.97. The van der Waals surface area contributed by atoms with Crippen LogP contribution in [0.25, 0.3) is 0 Å². The van der Waals surface area contributed by atoms with E-state index in [0.717, 1.165) is 26.1 Å². The third kappa shape index (κ3) is 4.15. The standard InChI is InChI=1S/C17H27NO2S/c1-12-9-13(2)17(14(3)10-12)16(18-4)11-21(19)15-5-7-20-8-6-15/h9-10,15-16,18H,5-8,11H2,1-4H3. The minimum atomic E-state index is -0.801. The molecule has 118 valence electrons. The lowest BCUT2D eigenvalue weighted by Crippen LogP contribution is -2.32. The van der Waals surface area contributed by atoms with Crippen LogP contribution in [0.1, 0.15) is 41.1 Å². The van der Waals surface area contributed by atoms with E-state index in [1.165, 1.54) is 22.3 Å². The van der Waals surface area contributed by atoms with Gasteiger partial charge < -0.3 is 10.1 Å². The Hall–Kier alpha value is -0.710. The summed E-state index contributed by atoms with van der Waals surface area (Å²) in [7, 11) is 1.16. The first kappa shape index (κ1) is 16.7. The maximum atomic E-state index is 12.6. The molecule has 1 heterocycles. The molecule has 0 radical (unpaired) electrons. The largest absolute Gasteiger partial charge is 0.381 e. The molecule has 1 fully saturated rings. The van der Waals surface area contributed by atoms with Crippen molar-refractivity contribution in [3.05, 3.63) is 34.4 Å². The smallest absolute Gasteiger partial charge is 0.0477 e. The van der Waals surface area contributed by atoms with E-state index in [1.807, 2.05) is 7.05 Å². The monoisotopic (exact) mass is 309 g/mol. The highest BCUT2D eigenvalue weighted by Gasteiger charge is 2.24. The van der Waals surface area contributed by atoms with Crippen LogP contribution in [-0.2, 0) is 15.5 Å². The van der Waals surface area contributed by atoms with Gasteiger partial charge in [-0.05, 0) is 57.4 Å². The molecule has 1 aliphatic heterocycles. The zero-order valence-corrected chi connectivity index (χ0v) is 14.4. The summed E-state index contributed by atoms with van der Waals surface area (Å²) in [6.07, 6.45) is 1.85. The van der Waals surface area contributed by atoms with E-state index in [0.29, 0.717) is 11.0 Å². The van der Waals surface area contributed by atoms with E-state index in [1.54, 1.807) is 0 Å². The van der Waals surface area contributed by atoms with Crippen LogP contribution in [0.3, 0.4) is 0 Å². The van der Waals surface area contributed by atoms with Crippen molar-refractivity contribution in [2.45, 2.75) is 44.9 Å². The summed E-state index contributed by atoms with van der Waals surface area (Å²) in [6.45, 7) is 7.93. The van der Waals surface area contributed by atoms with Gasteiger partial charge in [0.05, 0.1) is 0 Å². The molecule has 0 saturated carbocycles. The number of rotatable bonds is 5. The fourth-order valence-corrected chi connectivity index (χ4v) is 4.94. The topological polar surface area (TPSA) is 38.3 Å². The van der Waals surface area contributed by atoms with Gasteiger partial charge in [0.2, 0.25) is 0 Å². The lowest BCUT2D eigenvalue weighted by atomic mass is 9.95. The van der Waals surface area contributed by atoms with Crippen LogP contribution in [0.4, 0.5) is 0 Å². The van der Waals surface area contributed by atoms with Crippen molar-refractivity contribution in [2.75, 3.05) is 26.0 Å². The van der Waals surface area contributed by atoms with E-state index in [-0.39, 0.29) is 6.04 Å². The summed E-state index contributed by atoms with van der Waals surface area (Å²) < 4.78 is 18.0. The minimum Gasteiger partial charge on any atom is -0.381 e. The maximum Gasteiger partial charge on any atom is 0.0477 e. The molecule has 21 heavy (non-hydrogen) atoms. The fraction of sp³-hybridized carbons (Fsp3) is 0.647. The molecule has 1 aromatic carbocycles. The van der Waals surface area contributed by atoms with Crippen molar-refractivity contribution in [1.82, 2.24) is 5.32 Å². The second kappa shape index (κ2) is 7.52. The molecule has 1 aromatic rings. The first-order valence-electron chi connectivity index (χ1n) is 7.73. The number of hydrogen-bond donors (Lipinski definition) is 1. The summed E-state index contributed by atoms with van der Waals surface area (Å²) >= 11 is 0. The highest BCUT2D eigenvalue weighted by molar-refractivity contribution is 7.85. The Morgan fingerprint density at radius 1 is 1.24 bits per heavy atom. The molecule has 0 spiro atoms. The quantitative estimate of drug-likeness (QED) is 0.909. The van der Waals surface area contributed by atoms with Gasteiger partial charge in [0.25, 0.3) is 0 Å². The molecular weight excluding hydrogens is 282 g/mol. The second-order valence-electron chi connectivity index (χ2n) is 6.01. The van der Waals surface area contributed by atoms with Gasteiger partial charge in [-0.2, -0.15) is 0 Å². The van der Waals surface area contributed by atoms with Crippen molar-refractivity contribution in [3.8, 4) is 0 Å². The van der Waals surface area contributed by atoms with Crippen LogP contribution < -0.4 is 5.32 Å². The predicted molar refractivity (Wildman–Crippen MR) is 89.3 cm³/mol. The lowest BCUT2D eigenvalue weighted by Gasteiger charge is -2.26. The molecule has 1 aliphatic rings. The molecule has 2 rings (SSSR count). The third-order valence-electron chi connectivity index (χ3n) is 4.31. The first-order valence-corrected chi connectivity index (χ1v) is 9.11. The number of aryl methyl sites for hydroxylation is 3. The minimum absolute atomic E-state index is 0.161. The predicted octanol–water partition coefficient (Wildman–Crippen LogP) is 2.80. The fourth-order valence-electron chi connectivity index (χ4n) is 3.29. The summed E-state index contributed by atoms with van der Waals surface area (Å²) in [4.78, 5) is 0. The molecule has 2 unspecified atom stereocenters. The van der Waals surface area contributed by atoms with Gasteiger partial charge in [-0.1, -0.05) is 17.7 Å². The molecule has 2 atom stereocenters. The summed E-state index contributed by atoms with van der Waals surface area (Å²) in [5, 5.41) is 3.66. The second-order valence-corrected chi connectivity index (χ2v) is 7.77. The average molecular weight is 309 g/mol. The highest BCUT2D eigenvalue weighted by Crippen LogP contribution is 2.26. The van der Waals surface area contributed by atoms with Crippen molar-refractivity contribution >= 4 is 10.8 Å². The number of hydrogen-bond acceptors (Lipinski definition) is 3. The van der Waals surface area contributed by atoms with Crippen molar-refractivity contribution in [2.24, 2.45) is 0 Å². The Balaban J connectivity index is 2.14. The normalized spacial score (nSPS) is 19.4. The molecule has 0 aliphatic carbocycles. The SMILES string of the molecule is CNC(CS(=O)C1CCOCC1)c1c(C)cc(C)cc1C. The van der Waals surface area contributed by atoms with E-state index in [4.69, 9.17) is 4.74 Å². The van der Waals surface area contributed by atoms with Crippen molar-refractivity contribution in [3.63, 3.8) is 0 Å². The van der Waals surface area contributed by atoms with Crippen LogP contribution in [-0.4, -0.2) is 35.5 Å². The van der Waals surface area contributed by atoms with Gasteiger partial charge in [0.15, 0.2) is 0 Å². The lowest BCUT2D eigenvalue weighted by molar-refractivity contribution is 0.0992. The van der Waals surface area contributed by atoms with E-state index >= 15 is 0 Å². The summed E-state index contributed by atoms with van der Waals surface area (Å²) in [6, 6.07) is 4.59. The first-order chi connectivity index (χ1) is 10.0. The average Bonchev–Trinajstić information content (AvgIpc) is 2.45.